The second kappa shape index (κ2) is 6.17. The van der Waals surface area contributed by atoms with E-state index in [1.54, 1.807) is 12.1 Å². The molecule has 1 aliphatic rings. The number of hydrogen-bond donors (Lipinski definition) is 6. The Labute approximate surface area is 119 Å². The van der Waals surface area contributed by atoms with Gasteiger partial charge in [0.15, 0.2) is 0 Å². The zero-order valence-electron chi connectivity index (χ0n) is 10.5. The number of hydrogen-bond acceptors (Lipinski definition) is 7. The molecule has 0 aliphatic heterocycles. The Morgan fingerprint density at radius 1 is 1.05 bits per heavy atom. The molecule has 0 radical (unpaired) electrons. The number of carbonyl (C=O) groups is 1. The SMILES string of the molecule is O=C(Cc1cccs1)NC1[C@@H](O)[C@H](O)C(O)[C@H](O)[C@H]1O. The van der Waals surface area contributed by atoms with E-state index in [2.05, 4.69) is 5.32 Å². The highest BCUT2D eigenvalue weighted by Gasteiger charge is 2.48. The Kier molecular flexibility index (Phi) is 4.74. The van der Waals surface area contributed by atoms with Crippen LogP contribution in [0.3, 0.4) is 0 Å². The van der Waals surface area contributed by atoms with E-state index in [1.165, 1.54) is 11.3 Å². The van der Waals surface area contributed by atoms with Crippen LogP contribution < -0.4 is 5.32 Å². The minimum Gasteiger partial charge on any atom is -0.388 e. The van der Waals surface area contributed by atoms with E-state index < -0.39 is 42.5 Å². The predicted octanol–water partition coefficient (Wildman–Crippen LogP) is -2.41. The van der Waals surface area contributed by atoms with Crippen molar-refractivity contribution in [2.75, 3.05) is 0 Å². The van der Waals surface area contributed by atoms with Gasteiger partial charge in [0.2, 0.25) is 5.91 Å². The highest BCUT2D eigenvalue weighted by molar-refractivity contribution is 7.10. The molecular formula is C12H17NO6S. The fraction of sp³-hybridized carbons (Fsp3) is 0.583. The molecule has 20 heavy (non-hydrogen) atoms. The molecule has 2 unspecified atom stereocenters. The number of thiophene rings is 1. The van der Waals surface area contributed by atoms with Gasteiger partial charge in [-0.2, -0.15) is 0 Å². The quantitative estimate of drug-likeness (QED) is 0.369. The molecule has 1 amide bonds. The Hall–Kier alpha value is -1.03. The van der Waals surface area contributed by atoms with Crippen LogP contribution in [-0.4, -0.2) is 68.0 Å². The standard InChI is InChI=1S/C12H17NO6S/c14-6(4-5-2-1-3-20-5)13-7-8(15)10(17)12(19)11(18)9(7)16/h1-3,7-12,15-19H,4H2,(H,13,14)/t7?,8-,9+,10+,11-,12?. The molecule has 112 valence electrons. The molecule has 6 N–H and O–H groups in total. The first-order valence-electron chi connectivity index (χ1n) is 6.14. The van der Waals surface area contributed by atoms with Gasteiger partial charge in [-0.1, -0.05) is 6.07 Å². The second-order valence-electron chi connectivity index (χ2n) is 4.80. The number of amides is 1. The number of carbonyl (C=O) groups excluding carboxylic acids is 1. The molecule has 6 atom stereocenters. The molecule has 1 fully saturated rings. The van der Waals surface area contributed by atoms with Crippen molar-refractivity contribution >= 4 is 17.2 Å². The number of nitrogens with one attached hydrogen (secondary N) is 1. The van der Waals surface area contributed by atoms with Gasteiger partial charge >= 0.3 is 0 Å². The molecule has 1 heterocycles. The van der Waals surface area contributed by atoms with Crippen LogP contribution in [0, 0.1) is 0 Å². The molecule has 2 rings (SSSR count). The summed E-state index contributed by atoms with van der Waals surface area (Å²) >= 11 is 1.39. The van der Waals surface area contributed by atoms with Gasteiger partial charge in [-0.3, -0.25) is 4.79 Å². The number of rotatable bonds is 3. The summed E-state index contributed by atoms with van der Waals surface area (Å²) in [5.41, 5.74) is 0. The van der Waals surface area contributed by atoms with Gasteiger partial charge in [0.1, 0.15) is 30.5 Å². The van der Waals surface area contributed by atoms with E-state index in [0.29, 0.717) is 0 Å². The van der Waals surface area contributed by atoms with Crippen LogP contribution >= 0.6 is 11.3 Å². The molecule has 1 saturated carbocycles. The van der Waals surface area contributed by atoms with Crippen LogP contribution in [-0.2, 0) is 11.2 Å². The fourth-order valence-electron chi connectivity index (χ4n) is 2.21. The normalized spacial score (nSPS) is 37.6. The van der Waals surface area contributed by atoms with E-state index in [-0.39, 0.29) is 6.42 Å². The van der Waals surface area contributed by atoms with Crippen LogP contribution in [0.5, 0.6) is 0 Å². The third-order valence-electron chi connectivity index (χ3n) is 3.38. The van der Waals surface area contributed by atoms with Crippen LogP contribution in [0.2, 0.25) is 0 Å². The van der Waals surface area contributed by atoms with E-state index in [0.717, 1.165) is 4.88 Å². The van der Waals surface area contributed by atoms with E-state index >= 15 is 0 Å². The molecule has 1 aromatic heterocycles. The Morgan fingerprint density at radius 2 is 1.60 bits per heavy atom. The van der Waals surface area contributed by atoms with Crippen molar-refractivity contribution in [3.8, 4) is 0 Å². The highest BCUT2D eigenvalue weighted by Crippen LogP contribution is 2.21. The van der Waals surface area contributed by atoms with Crippen molar-refractivity contribution in [3.63, 3.8) is 0 Å². The zero-order chi connectivity index (χ0) is 14.9. The number of aliphatic hydroxyl groups excluding tert-OH is 5. The van der Waals surface area contributed by atoms with E-state index in [1.807, 2.05) is 5.38 Å². The van der Waals surface area contributed by atoms with Crippen molar-refractivity contribution < 1.29 is 30.3 Å². The average Bonchev–Trinajstić information content (AvgIpc) is 2.92. The van der Waals surface area contributed by atoms with Crippen molar-refractivity contribution in [1.82, 2.24) is 5.32 Å². The summed E-state index contributed by atoms with van der Waals surface area (Å²) in [6.07, 6.45) is -7.99. The van der Waals surface area contributed by atoms with Gasteiger partial charge in [-0.15, -0.1) is 11.3 Å². The zero-order valence-corrected chi connectivity index (χ0v) is 11.3. The molecule has 7 nitrogen and oxygen atoms in total. The minimum atomic E-state index is -1.66. The lowest BCUT2D eigenvalue weighted by Crippen LogP contribution is -2.68. The van der Waals surface area contributed by atoms with Crippen molar-refractivity contribution in [2.24, 2.45) is 0 Å². The third kappa shape index (κ3) is 3.00. The Balaban J connectivity index is 2.01. The topological polar surface area (TPSA) is 130 Å². The first-order valence-corrected chi connectivity index (χ1v) is 7.02. The molecular weight excluding hydrogens is 286 g/mol. The van der Waals surface area contributed by atoms with Gasteiger partial charge < -0.3 is 30.8 Å². The van der Waals surface area contributed by atoms with Crippen molar-refractivity contribution in [1.29, 1.82) is 0 Å². The van der Waals surface area contributed by atoms with Gasteiger partial charge in [0, 0.05) is 4.88 Å². The third-order valence-corrected chi connectivity index (χ3v) is 4.25. The summed E-state index contributed by atoms with van der Waals surface area (Å²) in [4.78, 5) is 12.6. The maximum absolute atomic E-state index is 11.8. The number of aliphatic hydroxyl groups is 5. The smallest absolute Gasteiger partial charge is 0.225 e. The minimum absolute atomic E-state index is 0.0718. The first kappa shape index (κ1) is 15.4. The van der Waals surface area contributed by atoms with Crippen molar-refractivity contribution in [2.45, 2.75) is 43.0 Å². The molecule has 0 aromatic carbocycles. The molecule has 0 bridgehead atoms. The summed E-state index contributed by atoms with van der Waals surface area (Å²) in [6, 6.07) is 2.32. The van der Waals surface area contributed by atoms with Gasteiger partial charge in [-0.25, -0.2) is 0 Å². The lowest BCUT2D eigenvalue weighted by atomic mass is 9.83. The predicted molar refractivity (Wildman–Crippen MR) is 70.0 cm³/mol. The fourth-order valence-corrected chi connectivity index (χ4v) is 2.92. The largest absolute Gasteiger partial charge is 0.388 e. The van der Waals surface area contributed by atoms with Gasteiger partial charge in [0.25, 0.3) is 0 Å². The summed E-state index contributed by atoms with van der Waals surface area (Å²) in [7, 11) is 0. The van der Waals surface area contributed by atoms with E-state index in [4.69, 9.17) is 0 Å². The van der Waals surface area contributed by atoms with Gasteiger partial charge in [-0.05, 0) is 11.4 Å². The van der Waals surface area contributed by atoms with Crippen LogP contribution in [0.1, 0.15) is 4.88 Å². The van der Waals surface area contributed by atoms with Crippen molar-refractivity contribution in [3.05, 3.63) is 22.4 Å². The molecule has 8 heteroatoms. The molecule has 1 aromatic rings. The summed E-state index contributed by atoms with van der Waals surface area (Å²) in [5.74, 6) is -0.452. The van der Waals surface area contributed by atoms with E-state index in [9.17, 15) is 30.3 Å². The highest BCUT2D eigenvalue weighted by atomic mass is 32.1. The Morgan fingerprint density at radius 3 is 2.10 bits per heavy atom. The lowest BCUT2D eigenvalue weighted by Gasteiger charge is -2.42. The van der Waals surface area contributed by atoms with Crippen LogP contribution in [0.4, 0.5) is 0 Å². The maximum Gasteiger partial charge on any atom is 0.225 e. The maximum atomic E-state index is 11.8. The lowest BCUT2D eigenvalue weighted by molar-refractivity contribution is -0.191. The summed E-state index contributed by atoms with van der Waals surface area (Å²) in [5, 5.41) is 52.3. The van der Waals surface area contributed by atoms with Crippen LogP contribution in [0.15, 0.2) is 17.5 Å². The second-order valence-corrected chi connectivity index (χ2v) is 5.83. The summed E-state index contributed by atoms with van der Waals surface area (Å²) in [6.45, 7) is 0. The molecule has 1 aliphatic carbocycles. The monoisotopic (exact) mass is 303 g/mol. The average molecular weight is 303 g/mol. The first-order chi connectivity index (χ1) is 9.41. The molecule has 0 saturated heterocycles. The Bertz CT molecular complexity index is 437. The molecule has 0 spiro atoms. The van der Waals surface area contributed by atoms with Gasteiger partial charge in [0.05, 0.1) is 12.5 Å². The van der Waals surface area contributed by atoms with Crippen LogP contribution in [0.25, 0.3) is 0 Å². The summed E-state index contributed by atoms with van der Waals surface area (Å²) < 4.78 is 0.